The van der Waals surface area contributed by atoms with Crippen LogP contribution in [0.5, 0.6) is 0 Å². The van der Waals surface area contributed by atoms with Gasteiger partial charge in [0, 0.05) is 30.3 Å². The highest BCUT2D eigenvalue weighted by atomic mass is 32.1. The molecular weight excluding hydrogens is 350 g/mol. The molecule has 2 aromatic rings. The molecule has 0 spiro atoms. The maximum absolute atomic E-state index is 11.9. The molecule has 0 saturated carbocycles. The Hall–Kier alpha value is -2.67. The lowest BCUT2D eigenvalue weighted by Gasteiger charge is -2.09. The molecule has 2 rings (SSSR count). The van der Waals surface area contributed by atoms with Crippen molar-refractivity contribution in [1.29, 1.82) is 0 Å². The SMILES string of the molecule is CC(C)C(=O)Nc1ccc(NC(=O)CCCNC(=O)c2cccs2)cc1. The van der Waals surface area contributed by atoms with E-state index in [1.807, 2.05) is 25.3 Å². The average molecular weight is 373 g/mol. The Morgan fingerprint density at radius 3 is 2.23 bits per heavy atom. The fourth-order valence-corrected chi connectivity index (χ4v) is 2.73. The van der Waals surface area contributed by atoms with Gasteiger partial charge in [-0.2, -0.15) is 0 Å². The predicted octanol–water partition coefficient (Wildman–Crippen LogP) is 3.49. The molecule has 138 valence electrons. The maximum atomic E-state index is 11.9. The van der Waals surface area contributed by atoms with Gasteiger partial charge in [0.1, 0.15) is 0 Å². The quantitative estimate of drug-likeness (QED) is 0.619. The molecule has 3 amide bonds. The number of hydrogen-bond donors (Lipinski definition) is 3. The summed E-state index contributed by atoms with van der Waals surface area (Å²) >= 11 is 1.39. The number of rotatable bonds is 8. The van der Waals surface area contributed by atoms with Crippen molar-refractivity contribution in [2.75, 3.05) is 17.2 Å². The number of hydrogen-bond acceptors (Lipinski definition) is 4. The zero-order valence-electron chi connectivity index (χ0n) is 14.9. The number of anilines is 2. The van der Waals surface area contributed by atoms with E-state index < -0.39 is 0 Å². The van der Waals surface area contributed by atoms with Gasteiger partial charge in [0.15, 0.2) is 0 Å². The minimum atomic E-state index is -0.116. The third-order valence-corrected chi connectivity index (χ3v) is 4.44. The van der Waals surface area contributed by atoms with Crippen LogP contribution < -0.4 is 16.0 Å². The Labute approximate surface area is 157 Å². The molecule has 1 aromatic heterocycles. The van der Waals surface area contributed by atoms with Crippen molar-refractivity contribution in [3.63, 3.8) is 0 Å². The van der Waals surface area contributed by atoms with E-state index in [1.165, 1.54) is 11.3 Å². The van der Waals surface area contributed by atoms with Crippen LogP contribution in [-0.4, -0.2) is 24.3 Å². The van der Waals surface area contributed by atoms with Crippen LogP contribution in [0.2, 0.25) is 0 Å². The summed E-state index contributed by atoms with van der Waals surface area (Å²) in [5.41, 5.74) is 1.36. The molecule has 0 aliphatic carbocycles. The summed E-state index contributed by atoms with van der Waals surface area (Å²) in [6.07, 6.45) is 0.877. The maximum Gasteiger partial charge on any atom is 0.261 e. The molecule has 26 heavy (non-hydrogen) atoms. The second kappa shape index (κ2) is 9.72. The summed E-state index contributed by atoms with van der Waals surface area (Å²) < 4.78 is 0. The number of carbonyl (C=O) groups excluding carboxylic acids is 3. The van der Waals surface area contributed by atoms with Crippen LogP contribution in [-0.2, 0) is 9.59 Å². The van der Waals surface area contributed by atoms with Crippen LogP contribution in [0.4, 0.5) is 11.4 Å². The van der Waals surface area contributed by atoms with Crippen LogP contribution in [0.15, 0.2) is 41.8 Å². The number of thiophene rings is 1. The average Bonchev–Trinajstić information content (AvgIpc) is 3.15. The van der Waals surface area contributed by atoms with E-state index in [0.29, 0.717) is 35.6 Å². The van der Waals surface area contributed by atoms with Crippen molar-refractivity contribution in [2.24, 2.45) is 5.92 Å². The minimum absolute atomic E-state index is 0.0496. The summed E-state index contributed by atoms with van der Waals surface area (Å²) in [6, 6.07) is 10.6. The fourth-order valence-electron chi connectivity index (χ4n) is 2.09. The lowest BCUT2D eigenvalue weighted by atomic mass is 10.2. The van der Waals surface area contributed by atoms with Crippen molar-refractivity contribution in [3.8, 4) is 0 Å². The first-order chi connectivity index (χ1) is 12.5. The van der Waals surface area contributed by atoms with Crippen molar-refractivity contribution >= 4 is 40.4 Å². The van der Waals surface area contributed by atoms with E-state index in [4.69, 9.17) is 0 Å². The normalized spacial score (nSPS) is 10.4. The van der Waals surface area contributed by atoms with Gasteiger partial charge in [0.25, 0.3) is 5.91 Å². The number of nitrogens with one attached hydrogen (secondary N) is 3. The lowest BCUT2D eigenvalue weighted by molar-refractivity contribution is -0.119. The van der Waals surface area contributed by atoms with Crippen molar-refractivity contribution < 1.29 is 14.4 Å². The molecule has 6 nitrogen and oxygen atoms in total. The van der Waals surface area contributed by atoms with E-state index in [1.54, 1.807) is 30.3 Å². The summed E-state index contributed by atoms with van der Waals surface area (Å²) in [5, 5.41) is 10.2. The summed E-state index contributed by atoms with van der Waals surface area (Å²) in [4.78, 5) is 36.0. The van der Waals surface area contributed by atoms with Gasteiger partial charge < -0.3 is 16.0 Å². The first-order valence-electron chi connectivity index (χ1n) is 8.48. The molecule has 0 saturated heterocycles. The second-order valence-electron chi connectivity index (χ2n) is 6.11. The van der Waals surface area contributed by atoms with Gasteiger partial charge in [-0.3, -0.25) is 14.4 Å². The Balaban J connectivity index is 1.69. The van der Waals surface area contributed by atoms with Crippen LogP contribution >= 0.6 is 11.3 Å². The number of amides is 3. The monoisotopic (exact) mass is 373 g/mol. The Kier molecular flexibility index (Phi) is 7.35. The van der Waals surface area contributed by atoms with Crippen molar-refractivity contribution in [1.82, 2.24) is 5.32 Å². The van der Waals surface area contributed by atoms with Crippen LogP contribution in [0, 0.1) is 5.92 Å². The molecule has 1 aromatic carbocycles. The smallest absolute Gasteiger partial charge is 0.261 e. The van der Waals surface area contributed by atoms with Gasteiger partial charge in [-0.15, -0.1) is 11.3 Å². The second-order valence-corrected chi connectivity index (χ2v) is 7.05. The molecule has 0 unspecified atom stereocenters. The van der Waals surface area contributed by atoms with Gasteiger partial charge in [-0.25, -0.2) is 0 Å². The first kappa shape index (κ1) is 19.7. The predicted molar refractivity (Wildman–Crippen MR) is 104 cm³/mol. The molecule has 7 heteroatoms. The Bertz CT molecular complexity index is 740. The van der Waals surface area contributed by atoms with E-state index in [9.17, 15) is 14.4 Å². The Morgan fingerprint density at radius 2 is 1.65 bits per heavy atom. The third kappa shape index (κ3) is 6.33. The van der Waals surface area contributed by atoms with Crippen LogP contribution in [0.3, 0.4) is 0 Å². The highest BCUT2D eigenvalue weighted by Gasteiger charge is 2.08. The van der Waals surface area contributed by atoms with Gasteiger partial charge >= 0.3 is 0 Å². The molecule has 0 bridgehead atoms. The van der Waals surface area contributed by atoms with E-state index in [0.717, 1.165) is 0 Å². The molecule has 1 heterocycles. The topological polar surface area (TPSA) is 87.3 Å². The number of carbonyl (C=O) groups is 3. The van der Waals surface area contributed by atoms with E-state index >= 15 is 0 Å². The molecular formula is C19H23N3O3S. The molecule has 0 fully saturated rings. The highest BCUT2D eigenvalue weighted by molar-refractivity contribution is 7.12. The summed E-state index contributed by atoms with van der Waals surface area (Å²) in [5.74, 6) is -0.366. The van der Waals surface area contributed by atoms with Crippen molar-refractivity contribution in [2.45, 2.75) is 26.7 Å². The Morgan fingerprint density at radius 1 is 1.00 bits per heavy atom. The van der Waals surface area contributed by atoms with Gasteiger partial charge in [-0.05, 0) is 42.1 Å². The zero-order valence-corrected chi connectivity index (χ0v) is 15.7. The molecule has 0 radical (unpaired) electrons. The van der Waals surface area contributed by atoms with Gasteiger partial charge in [0.2, 0.25) is 11.8 Å². The highest BCUT2D eigenvalue weighted by Crippen LogP contribution is 2.15. The van der Waals surface area contributed by atoms with E-state index in [-0.39, 0.29) is 23.6 Å². The van der Waals surface area contributed by atoms with Gasteiger partial charge in [0.05, 0.1) is 4.88 Å². The lowest BCUT2D eigenvalue weighted by Crippen LogP contribution is -2.24. The zero-order chi connectivity index (χ0) is 18.9. The molecule has 0 aliphatic heterocycles. The molecule has 3 N–H and O–H groups in total. The fraction of sp³-hybridized carbons (Fsp3) is 0.316. The summed E-state index contributed by atoms with van der Waals surface area (Å²) in [7, 11) is 0. The standard InChI is InChI=1S/C19H23N3O3S/c1-13(2)18(24)22-15-9-7-14(8-10-15)21-17(23)6-3-11-20-19(25)16-5-4-12-26-16/h4-5,7-10,12-13H,3,6,11H2,1-2H3,(H,20,25)(H,21,23)(H,22,24). The third-order valence-electron chi connectivity index (χ3n) is 3.57. The van der Waals surface area contributed by atoms with Crippen molar-refractivity contribution in [3.05, 3.63) is 46.7 Å². The van der Waals surface area contributed by atoms with Crippen LogP contribution in [0.25, 0.3) is 0 Å². The first-order valence-corrected chi connectivity index (χ1v) is 9.36. The largest absolute Gasteiger partial charge is 0.351 e. The minimum Gasteiger partial charge on any atom is -0.351 e. The molecule has 0 aliphatic rings. The van der Waals surface area contributed by atoms with E-state index in [2.05, 4.69) is 16.0 Å². The van der Waals surface area contributed by atoms with Crippen LogP contribution in [0.1, 0.15) is 36.4 Å². The summed E-state index contributed by atoms with van der Waals surface area (Å²) in [6.45, 7) is 4.10. The number of benzene rings is 1. The molecule has 0 atom stereocenters. The van der Waals surface area contributed by atoms with Gasteiger partial charge in [-0.1, -0.05) is 19.9 Å².